The van der Waals surface area contributed by atoms with Crippen molar-refractivity contribution in [3.63, 3.8) is 0 Å². The summed E-state index contributed by atoms with van der Waals surface area (Å²) in [5, 5.41) is 11.9. The summed E-state index contributed by atoms with van der Waals surface area (Å²) in [4.78, 5) is 28.4. The Labute approximate surface area is 146 Å². The van der Waals surface area contributed by atoms with Gasteiger partial charge < -0.3 is 10.4 Å². The fourth-order valence-corrected chi connectivity index (χ4v) is 3.15. The molecule has 1 aliphatic rings. The van der Waals surface area contributed by atoms with Crippen molar-refractivity contribution in [3.05, 3.63) is 39.5 Å². The highest BCUT2D eigenvalue weighted by atomic mass is 79.9. The van der Waals surface area contributed by atoms with Crippen molar-refractivity contribution >= 4 is 38.7 Å². The minimum absolute atomic E-state index is 0.334. The van der Waals surface area contributed by atoms with Crippen LogP contribution in [-0.4, -0.2) is 34.7 Å². The summed E-state index contributed by atoms with van der Waals surface area (Å²) in [6, 6.07) is 3.86. The van der Waals surface area contributed by atoms with E-state index in [-0.39, 0.29) is 0 Å². The lowest BCUT2D eigenvalue weighted by molar-refractivity contribution is -0.139. The number of rotatable bonds is 5. The lowest BCUT2D eigenvalue weighted by Crippen LogP contribution is -2.42. The second-order valence-corrected chi connectivity index (χ2v) is 6.87. The monoisotopic (exact) mass is 394 g/mol. The molecule has 1 heterocycles. The molecule has 1 aromatic carbocycles. The lowest BCUT2D eigenvalue weighted by Gasteiger charge is -2.16. The minimum Gasteiger partial charge on any atom is -0.480 e. The van der Waals surface area contributed by atoms with Crippen molar-refractivity contribution in [2.45, 2.75) is 31.7 Å². The number of carbonyl (C=O) groups is 2. The Bertz CT molecular complexity index is 836. The molecule has 1 atom stereocenters. The molecule has 7 heteroatoms. The van der Waals surface area contributed by atoms with Gasteiger partial charge >= 0.3 is 5.97 Å². The first kappa shape index (κ1) is 16.8. The van der Waals surface area contributed by atoms with Crippen LogP contribution in [0.15, 0.2) is 22.7 Å². The third-order valence-electron chi connectivity index (χ3n) is 4.18. The van der Waals surface area contributed by atoms with Crippen molar-refractivity contribution < 1.29 is 19.1 Å². The van der Waals surface area contributed by atoms with Crippen LogP contribution in [0.4, 0.5) is 4.39 Å². The Kier molecular flexibility index (Phi) is 4.54. The molecule has 0 spiro atoms. The maximum atomic E-state index is 12.9. The van der Waals surface area contributed by atoms with Crippen LogP contribution in [0.3, 0.4) is 0 Å². The summed E-state index contributed by atoms with van der Waals surface area (Å²) in [5.41, 5.74) is 2.62. The van der Waals surface area contributed by atoms with E-state index in [9.17, 15) is 14.0 Å². The van der Waals surface area contributed by atoms with E-state index in [1.165, 1.54) is 0 Å². The van der Waals surface area contributed by atoms with E-state index in [1.807, 2.05) is 12.1 Å². The maximum Gasteiger partial charge on any atom is 0.328 e. The van der Waals surface area contributed by atoms with E-state index in [4.69, 9.17) is 5.11 Å². The van der Waals surface area contributed by atoms with E-state index in [0.717, 1.165) is 28.6 Å². The zero-order chi connectivity index (χ0) is 17.4. The van der Waals surface area contributed by atoms with Crippen LogP contribution < -0.4 is 5.32 Å². The van der Waals surface area contributed by atoms with Crippen LogP contribution in [0, 0.1) is 6.92 Å². The van der Waals surface area contributed by atoms with E-state index >= 15 is 0 Å². The molecule has 24 heavy (non-hydrogen) atoms. The number of alkyl halides is 1. The van der Waals surface area contributed by atoms with Crippen LogP contribution in [0.2, 0.25) is 0 Å². The van der Waals surface area contributed by atoms with E-state index in [0.29, 0.717) is 22.4 Å². The Balaban J connectivity index is 2.13. The van der Waals surface area contributed by atoms with Crippen LogP contribution >= 0.6 is 15.9 Å². The third-order valence-corrected chi connectivity index (χ3v) is 4.67. The summed E-state index contributed by atoms with van der Waals surface area (Å²) in [6.45, 7) is 0.642. The molecule has 0 saturated heterocycles. The molecule has 3 rings (SSSR count). The normalized spacial score (nSPS) is 15.3. The van der Waals surface area contributed by atoms with Gasteiger partial charge in [-0.15, -0.1) is 0 Å². The number of fused-ring (bicyclic) bond motifs is 1. The van der Waals surface area contributed by atoms with Crippen LogP contribution in [0.25, 0.3) is 10.9 Å². The number of nitrogens with one attached hydrogen (secondary N) is 1. The smallest absolute Gasteiger partial charge is 0.328 e. The van der Waals surface area contributed by atoms with Crippen molar-refractivity contribution in [3.8, 4) is 0 Å². The molecule has 2 N–H and O–H groups in total. The Morgan fingerprint density at radius 2 is 2.17 bits per heavy atom. The Morgan fingerprint density at radius 3 is 2.75 bits per heavy atom. The molecule has 1 fully saturated rings. The quantitative estimate of drug-likeness (QED) is 0.814. The highest BCUT2D eigenvalue weighted by Crippen LogP contribution is 2.42. The molecule has 0 aliphatic heterocycles. The van der Waals surface area contributed by atoms with Crippen molar-refractivity contribution in [2.75, 3.05) is 6.67 Å². The number of aromatic nitrogens is 1. The highest BCUT2D eigenvalue weighted by Gasteiger charge is 2.31. The topological polar surface area (TPSA) is 79.3 Å². The lowest BCUT2D eigenvalue weighted by atomic mass is 9.98. The number of hydrogen-bond donors (Lipinski definition) is 2. The molecule has 1 unspecified atom stereocenters. The van der Waals surface area contributed by atoms with Gasteiger partial charge in [-0.3, -0.25) is 9.78 Å². The second-order valence-electron chi connectivity index (χ2n) is 5.95. The predicted molar refractivity (Wildman–Crippen MR) is 91.0 cm³/mol. The van der Waals surface area contributed by atoms with Crippen molar-refractivity contribution in [2.24, 2.45) is 0 Å². The van der Waals surface area contributed by atoms with E-state index in [2.05, 4.69) is 26.2 Å². The molecule has 1 amide bonds. The number of carboxylic acid groups (broad SMARTS) is 1. The van der Waals surface area contributed by atoms with Gasteiger partial charge in [0.05, 0.1) is 11.1 Å². The zero-order valence-electron chi connectivity index (χ0n) is 13.0. The largest absolute Gasteiger partial charge is 0.480 e. The fraction of sp³-hybridized carbons (Fsp3) is 0.353. The van der Waals surface area contributed by atoms with Gasteiger partial charge in [-0.2, -0.15) is 0 Å². The van der Waals surface area contributed by atoms with Crippen LogP contribution in [0.5, 0.6) is 0 Å². The van der Waals surface area contributed by atoms with Gasteiger partial charge in [0, 0.05) is 21.5 Å². The van der Waals surface area contributed by atoms with Crippen molar-refractivity contribution in [1.29, 1.82) is 0 Å². The Hall–Kier alpha value is -2.02. The summed E-state index contributed by atoms with van der Waals surface area (Å²) < 4.78 is 13.6. The predicted octanol–water partition coefficient (Wildman–Crippen LogP) is 3.34. The summed E-state index contributed by atoms with van der Waals surface area (Å²) in [5.74, 6) is -1.66. The number of aliphatic carboxylic acids is 1. The third kappa shape index (κ3) is 3.13. The Morgan fingerprint density at radius 1 is 1.46 bits per heavy atom. The molecule has 1 aromatic heterocycles. The molecule has 5 nitrogen and oxygen atoms in total. The van der Waals surface area contributed by atoms with Gasteiger partial charge in [0.1, 0.15) is 6.67 Å². The summed E-state index contributed by atoms with van der Waals surface area (Å²) in [6.07, 6.45) is 2.05. The highest BCUT2D eigenvalue weighted by molar-refractivity contribution is 9.10. The number of nitrogens with zero attached hydrogens (tertiary/aromatic N) is 1. The summed E-state index contributed by atoms with van der Waals surface area (Å²) in [7, 11) is 0. The number of hydrogen-bond acceptors (Lipinski definition) is 3. The molecule has 2 aromatic rings. The van der Waals surface area contributed by atoms with Gasteiger partial charge in [-0.05, 0) is 43.5 Å². The summed E-state index contributed by atoms with van der Waals surface area (Å²) >= 11 is 3.37. The number of amides is 1. The van der Waals surface area contributed by atoms with Crippen LogP contribution in [-0.2, 0) is 4.79 Å². The molecular weight excluding hydrogens is 379 g/mol. The second kappa shape index (κ2) is 6.47. The maximum absolute atomic E-state index is 12.9. The number of benzene rings is 1. The molecule has 126 valence electrons. The average molecular weight is 395 g/mol. The van der Waals surface area contributed by atoms with E-state index < -0.39 is 24.6 Å². The zero-order valence-corrected chi connectivity index (χ0v) is 14.6. The molecule has 0 bridgehead atoms. The first-order chi connectivity index (χ1) is 11.4. The SMILES string of the molecule is Cc1c(C2CC2)nc2ccc(Br)cc2c1C(=O)NC(CF)C(=O)O. The average Bonchev–Trinajstić information content (AvgIpc) is 3.36. The molecule has 1 aliphatic carbocycles. The first-order valence-corrected chi connectivity index (χ1v) is 8.41. The molecule has 1 saturated carbocycles. The number of pyridine rings is 1. The number of carbonyl (C=O) groups excluding carboxylic acids is 1. The molecular formula is C17H16BrFN2O3. The van der Waals surface area contributed by atoms with Crippen LogP contribution in [0.1, 0.15) is 40.4 Å². The molecule has 0 radical (unpaired) electrons. The van der Waals surface area contributed by atoms with Gasteiger partial charge in [0.25, 0.3) is 5.91 Å². The number of halogens is 2. The van der Waals surface area contributed by atoms with Gasteiger partial charge in [-0.1, -0.05) is 15.9 Å². The first-order valence-electron chi connectivity index (χ1n) is 7.61. The minimum atomic E-state index is -1.56. The van der Waals surface area contributed by atoms with Gasteiger partial charge in [0.2, 0.25) is 0 Å². The van der Waals surface area contributed by atoms with Crippen molar-refractivity contribution in [1.82, 2.24) is 10.3 Å². The van der Waals surface area contributed by atoms with Gasteiger partial charge in [0.15, 0.2) is 6.04 Å². The standard InChI is InChI=1S/C17H16BrFN2O3/c1-8-14(16(22)21-13(7-19)17(23)24)11-6-10(18)4-5-12(11)20-15(8)9-2-3-9/h4-6,9,13H,2-3,7H2,1H3,(H,21,22)(H,23,24). The number of carboxylic acids is 1. The van der Waals surface area contributed by atoms with E-state index in [1.54, 1.807) is 13.0 Å². The van der Waals surface area contributed by atoms with Gasteiger partial charge in [-0.25, -0.2) is 9.18 Å². The fourth-order valence-electron chi connectivity index (χ4n) is 2.79.